The van der Waals surface area contributed by atoms with Crippen molar-refractivity contribution in [2.45, 2.75) is 6.18 Å². The number of rotatable bonds is 3. The number of hydrogen-bond donors (Lipinski definition) is 1. The van der Waals surface area contributed by atoms with Crippen LogP contribution in [0.2, 0.25) is 0 Å². The molecule has 5 aromatic rings. The van der Waals surface area contributed by atoms with Crippen LogP contribution >= 0.6 is 23.1 Å². The SMILES string of the molecule is O=C(Nc1cccc2nsnc12)c1cc2nc(-c3cccs3)cc(C(F)(F)F)n2n1. The van der Waals surface area contributed by atoms with E-state index in [0.29, 0.717) is 26.1 Å². The first-order valence-corrected chi connectivity index (χ1v) is 10.1. The number of benzene rings is 1. The van der Waals surface area contributed by atoms with E-state index in [-0.39, 0.29) is 17.0 Å². The molecule has 0 spiro atoms. The third-order valence-electron chi connectivity index (χ3n) is 4.26. The molecule has 0 saturated heterocycles. The molecule has 0 radical (unpaired) electrons. The van der Waals surface area contributed by atoms with Crippen molar-refractivity contribution in [1.82, 2.24) is 23.3 Å². The topological polar surface area (TPSA) is 85.1 Å². The first-order chi connectivity index (χ1) is 14.4. The van der Waals surface area contributed by atoms with Crippen molar-refractivity contribution in [3.8, 4) is 10.6 Å². The Bertz CT molecular complexity index is 1390. The van der Waals surface area contributed by atoms with Crippen molar-refractivity contribution in [2.75, 3.05) is 5.32 Å². The summed E-state index contributed by atoms with van der Waals surface area (Å²) >= 11 is 2.26. The van der Waals surface area contributed by atoms with E-state index in [2.05, 4.69) is 24.1 Å². The maximum absolute atomic E-state index is 13.6. The molecule has 0 atom stereocenters. The minimum atomic E-state index is -4.68. The summed E-state index contributed by atoms with van der Waals surface area (Å²) in [6, 6.07) is 10.6. The number of halogens is 3. The van der Waals surface area contributed by atoms with Gasteiger partial charge in [-0.15, -0.1) is 11.3 Å². The molecule has 0 saturated carbocycles. The zero-order chi connectivity index (χ0) is 20.9. The Morgan fingerprint density at radius 3 is 2.73 bits per heavy atom. The van der Waals surface area contributed by atoms with Gasteiger partial charge in [0.1, 0.15) is 11.0 Å². The number of amides is 1. The molecule has 1 N–H and O–H groups in total. The van der Waals surface area contributed by atoms with Gasteiger partial charge >= 0.3 is 6.18 Å². The molecule has 4 aromatic heterocycles. The van der Waals surface area contributed by atoms with E-state index < -0.39 is 17.8 Å². The van der Waals surface area contributed by atoms with Gasteiger partial charge in [0.2, 0.25) is 0 Å². The van der Waals surface area contributed by atoms with Gasteiger partial charge in [-0.05, 0) is 29.6 Å². The van der Waals surface area contributed by atoms with E-state index in [1.807, 2.05) is 0 Å². The number of carbonyl (C=O) groups is 1. The number of nitrogens with zero attached hydrogens (tertiary/aromatic N) is 5. The summed E-state index contributed by atoms with van der Waals surface area (Å²) in [5.74, 6) is -0.674. The largest absolute Gasteiger partial charge is 0.433 e. The summed E-state index contributed by atoms with van der Waals surface area (Å²) in [5.41, 5.74) is 0.369. The molecule has 0 unspecified atom stereocenters. The molecule has 7 nitrogen and oxygen atoms in total. The average Bonchev–Trinajstić information content (AvgIpc) is 3.45. The predicted molar refractivity (Wildman–Crippen MR) is 107 cm³/mol. The highest BCUT2D eigenvalue weighted by Gasteiger charge is 2.35. The van der Waals surface area contributed by atoms with Gasteiger partial charge in [-0.1, -0.05) is 12.1 Å². The van der Waals surface area contributed by atoms with Gasteiger partial charge in [0.15, 0.2) is 17.0 Å². The lowest BCUT2D eigenvalue weighted by molar-refractivity contribution is -0.142. The maximum atomic E-state index is 13.6. The van der Waals surface area contributed by atoms with Gasteiger partial charge in [0, 0.05) is 6.07 Å². The minimum absolute atomic E-state index is 0.0769. The second-order valence-corrected chi connectivity index (χ2v) is 7.67. The van der Waals surface area contributed by atoms with Crippen molar-refractivity contribution in [1.29, 1.82) is 0 Å². The zero-order valence-corrected chi connectivity index (χ0v) is 16.3. The fraction of sp³-hybridized carbons (Fsp3) is 0.0556. The molecule has 1 aromatic carbocycles. The Hall–Kier alpha value is -3.38. The Kier molecular flexibility index (Phi) is 4.25. The summed E-state index contributed by atoms with van der Waals surface area (Å²) < 4.78 is 49.8. The third kappa shape index (κ3) is 3.19. The highest BCUT2D eigenvalue weighted by Crippen LogP contribution is 2.33. The lowest BCUT2D eigenvalue weighted by Crippen LogP contribution is -2.15. The van der Waals surface area contributed by atoms with Gasteiger partial charge < -0.3 is 5.32 Å². The highest BCUT2D eigenvalue weighted by molar-refractivity contribution is 7.13. The normalized spacial score (nSPS) is 12.0. The number of anilines is 1. The predicted octanol–water partition coefficient (Wildman–Crippen LogP) is 4.73. The highest BCUT2D eigenvalue weighted by atomic mass is 32.1. The minimum Gasteiger partial charge on any atom is -0.319 e. The lowest BCUT2D eigenvalue weighted by Gasteiger charge is -2.10. The van der Waals surface area contributed by atoms with Crippen LogP contribution in [0.3, 0.4) is 0 Å². The van der Waals surface area contributed by atoms with Crippen molar-refractivity contribution < 1.29 is 18.0 Å². The number of aromatic nitrogens is 5. The van der Waals surface area contributed by atoms with E-state index in [0.717, 1.165) is 17.8 Å². The van der Waals surface area contributed by atoms with E-state index in [4.69, 9.17) is 0 Å². The molecule has 0 aliphatic rings. The molecule has 0 fully saturated rings. The molecule has 5 rings (SSSR count). The quantitative estimate of drug-likeness (QED) is 0.433. The monoisotopic (exact) mass is 446 g/mol. The van der Waals surface area contributed by atoms with Crippen LogP contribution in [-0.2, 0) is 6.18 Å². The summed E-state index contributed by atoms with van der Waals surface area (Å²) in [5, 5.41) is 8.24. The number of fused-ring (bicyclic) bond motifs is 2. The maximum Gasteiger partial charge on any atom is 0.433 e. The van der Waals surface area contributed by atoms with Crippen molar-refractivity contribution in [3.05, 3.63) is 59.2 Å². The van der Waals surface area contributed by atoms with Crippen LogP contribution in [0.4, 0.5) is 18.9 Å². The lowest BCUT2D eigenvalue weighted by atomic mass is 10.2. The fourth-order valence-corrected chi connectivity index (χ4v) is 4.17. The molecular formula is C18H9F3N6OS2. The van der Waals surface area contributed by atoms with Gasteiger partial charge in [0.25, 0.3) is 5.91 Å². The summed E-state index contributed by atoms with van der Waals surface area (Å²) in [6.07, 6.45) is -4.68. The molecule has 4 heterocycles. The van der Waals surface area contributed by atoms with Crippen LogP contribution in [0.25, 0.3) is 27.3 Å². The van der Waals surface area contributed by atoms with Crippen LogP contribution in [0.5, 0.6) is 0 Å². The summed E-state index contributed by atoms with van der Waals surface area (Å²) in [6.45, 7) is 0. The van der Waals surface area contributed by atoms with E-state index in [1.54, 1.807) is 35.7 Å². The third-order valence-corrected chi connectivity index (χ3v) is 5.69. The van der Waals surface area contributed by atoms with Gasteiger partial charge in [0.05, 0.1) is 28.0 Å². The van der Waals surface area contributed by atoms with Crippen molar-refractivity contribution >= 4 is 51.3 Å². The standard InChI is InChI=1S/C18H9F3N6OS2/c19-18(20,21)14-7-11(13-5-2-6-29-13)22-15-8-12(24-27(14)15)17(28)23-9-3-1-4-10-16(9)26-30-25-10/h1-8H,(H,23,28). The molecule has 0 aliphatic heterocycles. The number of nitrogens with one attached hydrogen (secondary N) is 1. The number of carbonyl (C=O) groups excluding carboxylic acids is 1. The van der Waals surface area contributed by atoms with Crippen LogP contribution < -0.4 is 5.32 Å². The Balaban J connectivity index is 1.58. The Morgan fingerprint density at radius 2 is 1.97 bits per heavy atom. The van der Waals surface area contributed by atoms with Crippen molar-refractivity contribution in [2.24, 2.45) is 0 Å². The molecule has 150 valence electrons. The molecular weight excluding hydrogens is 437 g/mol. The molecule has 0 bridgehead atoms. The molecule has 30 heavy (non-hydrogen) atoms. The van der Waals surface area contributed by atoms with E-state index in [9.17, 15) is 18.0 Å². The second kappa shape index (κ2) is 6.85. The average molecular weight is 446 g/mol. The van der Waals surface area contributed by atoms with Crippen LogP contribution in [-0.4, -0.2) is 29.3 Å². The number of thiophene rings is 1. The summed E-state index contributed by atoms with van der Waals surface area (Å²) in [7, 11) is 0. The second-order valence-electron chi connectivity index (χ2n) is 6.19. The summed E-state index contributed by atoms with van der Waals surface area (Å²) in [4.78, 5) is 17.5. The van der Waals surface area contributed by atoms with Gasteiger partial charge in [-0.3, -0.25) is 4.79 Å². The van der Waals surface area contributed by atoms with Gasteiger partial charge in [-0.25, -0.2) is 9.50 Å². The number of alkyl halides is 3. The molecule has 12 heteroatoms. The smallest absolute Gasteiger partial charge is 0.319 e. The van der Waals surface area contributed by atoms with E-state index in [1.165, 1.54) is 17.4 Å². The van der Waals surface area contributed by atoms with E-state index >= 15 is 0 Å². The molecule has 0 aliphatic carbocycles. The van der Waals surface area contributed by atoms with Crippen molar-refractivity contribution in [3.63, 3.8) is 0 Å². The van der Waals surface area contributed by atoms with Crippen LogP contribution in [0.15, 0.2) is 47.8 Å². The van der Waals surface area contributed by atoms with Crippen LogP contribution in [0, 0.1) is 0 Å². The zero-order valence-electron chi connectivity index (χ0n) is 14.7. The first kappa shape index (κ1) is 18.6. The Labute approximate surface area is 174 Å². The van der Waals surface area contributed by atoms with Gasteiger partial charge in [-0.2, -0.15) is 27.0 Å². The number of hydrogen-bond acceptors (Lipinski definition) is 7. The Morgan fingerprint density at radius 1 is 1.10 bits per heavy atom. The fourth-order valence-electron chi connectivity index (χ4n) is 2.93. The van der Waals surface area contributed by atoms with Crippen LogP contribution in [0.1, 0.15) is 16.2 Å². The molecule has 1 amide bonds. The first-order valence-electron chi connectivity index (χ1n) is 8.45.